The number of benzene rings is 1. The molecule has 1 saturated heterocycles. The Morgan fingerprint density at radius 3 is 2.47 bits per heavy atom. The average Bonchev–Trinajstić information content (AvgIpc) is 3.67. The molecule has 0 aromatic heterocycles. The summed E-state index contributed by atoms with van der Waals surface area (Å²) < 4.78 is 12.9. The summed E-state index contributed by atoms with van der Waals surface area (Å²) in [4.78, 5) is 4.09. The maximum atomic E-state index is 12.9. The van der Waals surface area contributed by atoms with Crippen LogP contribution in [0.3, 0.4) is 0 Å². The van der Waals surface area contributed by atoms with Crippen molar-refractivity contribution in [1.82, 2.24) is 20.5 Å². The Kier molecular flexibility index (Phi) is 16.1. The smallest absolute Gasteiger partial charge is 0.141 e. The molecule has 1 heterocycles. The summed E-state index contributed by atoms with van der Waals surface area (Å²) in [7, 11) is 3.97. The molecule has 3 rings (SSSR count). The highest BCUT2D eigenvalue weighted by Gasteiger charge is 2.25. The zero-order valence-corrected chi connectivity index (χ0v) is 23.6. The van der Waals surface area contributed by atoms with Crippen molar-refractivity contribution in [2.24, 2.45) is 5.10 Å². The number of amidine groups is 1. The number of halogens is 1. The molecule has 1 saturated carbocycles. The largest absolute Gasteiger partial charge is 0.383 e. The minimum Gasteiger partial charge on any atom is -0.383 e. The standard InChI is InChI=1S/C14H22N2.C9H9F.C8H16N4/c1-5-8-13(6-2)11-15-12(3)14-9-7-10-16(14)4;10-9-4-2-1-3-8(9)7-5-6-7;1-4-6-12(3)8(9)7-11-10-5-2/h5-6,8,14-15H,1-3,7,9-11H2,4H3;1-4,7H,5-6H2;4,7,9-10H,1,5-6H2,2-3H3/b13-8+;;9-8?,11-7-. The van der Waals surface area contributed by atoms with E-state index in [4.69, 9.17) is 5.41 Å². The van der Waals surface area contributed by atoms with E-state index in [0.717, 1.165) is 29.9 Å². The summed E-state index contributed by atoms with van der Waals surface area (Å²) in [6.07, 6.45) is 13.6. The Morgan fingerprint density at radius 2 is 1.95 bits per heavy atom. The van der Waals surface area contributed by atoms with Crippen LogP contribution in [0.2, 0.25) is 0 Å². The van der Waals surface area contributed by atoms with Crippen LogP contribution in [0.15, 0.2) is 91.3 Å². The predicted octanol–water partition coefficient (Wildman–Crippen LogP) is 5.86. The van der Waals surface area contributed by atoms with Gasteiger partial charge in [0, 0.05) is 38.4 Å². The summed E-state index contributed by atoms with van der Waals surface area (Å²) >= 11 is 0. The summed E-state index contributed by atoms with van der Waals surface area (Å²) in [5.41, 5.74) is 5.90. The topological polar surface area (TPSA) is 66.8 Å². The van der Waals surface area contributed by atoms with Gasteiger partial charge in [0.25, 0.3) is 0 Å². The van der Waals surface area contributed by atoms with Gasteiger partial charge < -0.3 is 15.6 Å². The van der Waals surface area contributed by atoms with E-state index in [9.17, 15) is 4.39 Å². The molecule has 0 bridgehead atoms. The molecule has 1 atom stereocenters. The number of hydrazone groups is 1. The number of hydrogen-bond acceptors (Lipinski definition) is 5. The number of nitrogens with one attached hydrogen (secondary N) is 3. The molecule has 1 unspecified atom stereocenters. The van der Waals surface area contributed by atoms with E-state index >= 15 is 0 Å². The second-order valence-electron chi connectivity index (χ2n) is 9.32. The summed E-state index contributed by atoms with van der Waals surface area (Å²) in [6.45, 7) is 20.5. The van der Waals surface area contributed by atoms with Crippen molar-refractivity contribution in [1.29, 1.82) is 5.41 Å². The van der Waals surface area contributed by atoms with Crippen LogP contribution >= 0.6 is 0 Å². The highest BCUT2D eigenvalue weighted by Crippen LogP contribution is 2.40. The van der Waals surface area contributed by atoms with E-state index in [2.05, 4.69) is 54.1 Å². The van der Waals surface area contributed by atoms with Crippen molar-refractivity contribution < 1.29 is 4.39 Å². The van der Waals surface area contributed by atoms with Gasteiger partial charge in [0.15, 0.2) is 0 Å². The van der Waals surface area contributed by atoms with E-state index in [1.165, 1.54) is 44.5 Å². The first-order valence-electron chi connectivity index (χ1n) is 13.3. The molecule has 38 heavy (non-hydrogen) atoms. The zero-order valence-electron chi connectivity index (χ0n) is 23.6. The normalized spacial score (nSPS) is 16.8. The zero-order chi connectivity index (χ0) is 28.3. The molecule has 2 aliphatic rings. The number of allylic oxidation sites excluding steroid dienone is 2. The molecule has 2 fully saturated rings. The van der Waals surface area contributed by atoms with Crippen molar-refractivity contribution in [3.8, 4) is 0 Å². The third kappa shape index (κ3) is 12.7. The lowest BCUT2D eigenvalue weighted by atomic mass is 10.1. The van der Waals surface area contributed by atoms with Gasteiger partial charge in [-0.3, -0.25) is 10.3 Å². The second kappa shape index (κ2) is 18.7. The maximum absolute atomic E-state index is 12.9. The highest BCUT2D eigenvalue weighted by molar-refractivity contribution is 6.27. The molecule has 1 aliphatic carbocycles. The average molecular weight is 523 g/mol. The first-order valence-corrected chi connectivity index (χ1v) is 13.3. The van der Waals surface area contributed by atoms with Crippen LogP contribution in [-0.4, -0.2) is 68.2 Å². The molecule has 3 N–H and O–H groups in total. The van der Waals surface area contributed by atoms with Crippen LogP contribution in [0, 0.1) is 11.2 Å². The molecule has 1 aromatic carbocycles. The molecular formula is C31H47FN6. The van der Waals surface area contributed by atoms with Gasteiger partial charge in [-0.15, -0.1) is 6.58 Å². The predicted molar refractivity (Wildman–Crippen MR) is 162 cm³/mol. The van der Waals surface area contributed by atoms with Gasteiger partial charge >= 0.3 is 0 Å². The number of hydrogen-bond donors (Lipinski definition) is 3. The lowest BCUT2D eigenvalue weighted by molar-refractivity contribution is 0.335. The number of likely N-dealkylation sites (N-methyl/N-ethyl adjacent to an activating group) is 2. The van der Waals surface area contributed by atoms with Gasteiger partial charge in [0.2, 0.25) is 0 Å². The Balaban J connectivity index is 0.000000293. The first-order chi connectivity index (χ1) is 18.3. The molecule has 1 aliphatic heterocycles. The van der Waals surface area contributed by atoms with E-state index in [0.29, 0.717) is 24.3 Å². The SMILES string of the molecule is C=C/C=C(\C=C)CNC(=C)C1CCCN1C.C=CCN(C)C(=N)/C=N\NCC.Fc1ccccc1C1CC1. The van der Waals surface area contributed by atoms with Crippen molar-refractivity contribution in [2.45, 2.75) is 44.6 Å². The third-order valence-electron chi connectivity index (χ3n) is 6.21. The van der Waals surface area contributed by atoms with Crippen molar-refractivity contribution in [2.75, 3.05) is 40.3 Å². The van der Waals surface area contributed by atoms with E-state index in [-0.39, 0.29) is 5.82 Å². The van der Waals surface area contributed by atoms with Crippen LogP contribution in [0.5, 0.6) is 0 Å². The summed E-state index contributed by atoms with van der Waals surface area (Å²) in [5, 5.41) is 14.7. The fourth-order valence-corrected chi connectivity index (χ4v) is 3.82. The van der Waals surface area contributed by atoms with Gasteiger partial charge in [-0.1, -0.05) is 62.2 Å². The van der Waals surface area contributed by atoms with Crippen molar-refractivity contribution >= 4 is 12.1 Å². The van der Waals surface area contributed by atoms with Crippen molar-refractivity contribution in [3.63, 3.8) is 0 Å². The Labute approximate surface area is 229 Å². The minimum atomic E-state index is -0.0370. The molecule has 0 amide bonds. The van der Waals surface area contributed by atoms with Crippen LogP contribution in [0.1, 0.15) is 44.1 Å². The lowest BCUT2D eigenvalue weighted by Crippen LogP contribution is -2.33. The van der Waals surface area contributed by atoms with E-state index in [1.54, 1.807) is 23.1 Å². The van der Waals surface area contributed by atoms with Gasteiger partial charge in [-0.05, 0) is 69.3 Å². The molecule has 6 nitrogen and oxygen atoms in total. The summed E-state index contributed by atoms with van der Waals surface area (Å²) in [5.74, 6) is 0.863. The molecular weight excluding hydrogens is 475 g/mol. The molecule has 1 aromatic rings. The number of rotatable bonds is 12. The molecule has 0 radical (unpaired) electrons. The van der Waals surface area contributed by atoms with E-state index in [1.807, 2.05) is 38.3 Å². The lowest BCUT2D eigenvalue weighted by Gasteiger charge is -2.23. The first kappa shape index (κ1) is 32.6. The van der Waals surface area contributed by atoms with Crippen LogP contribution < -0.4 is 10.7 Å². The van der Waals surface area contributed by atoms with Gasteiger partial charge in [-0.2, -0.15) is 5.10 Å². The number of likely N-dealkylation sites (tertiary alicyclic amines) is 1. The fraction of sp³-hybridized carbons (Fsp3) is 0.419. The van der Waals surface area contributed by atoms with Gasteiger partial charge in [-0.25, -0.2) is 4.39 Å². The second-order valence-corrected chi connectivity index (χ2v) is 9.32. The molecule has 208 valence electrons. The van der Waals surface area contributed by atoms with Gasteiger partial charge in [0.05, 0.1) is 6.21 Å². The Morgan fingerprint density at radius 1 is 1.24 bits per heavy atom. The van der Waals surface area contributed by atoms with Crippen molar-refractivity contribution in [3.05, 3.63) is 97.5 Å². The fourth-order valence-electron chi connectivity index (χ4n) is 3.82. The minimum absolute atomic E-state index is 0.0370. The molecule has 0 spiro atoms. The maximum Gasteiger partial charge on any atom is 0.141 e. The number of nitrogens with zero attached hydrogens (tertiary/aromatic N) is 3. The molecule has 7 heteroatoms. The summed E-state index contributed by atoms with van der Waals surface area (Å²) in [6, 6.07) is 7.54. The third-order valence-corrected chi connectivity index (χ3v) is 6.21. The monoisotopic (exact) mass is 522 g/mol. The van der Waals surface area contributed by atoms with E-state index < -0.39 is 0 Å². The quantitative estimate of drug-likeness (QED) is 0.106. The Bertz CT molecular complexity index is 963. The highest BCUT2D eigenvalue weighted by atomic mass is 19.1. The van der Waals surface area contributed by atoms with Crippen LogP contribution in [0.4, 0.5) is 4.39 Å². The van der Waals surface area contributed by atoms with Crippen LogP contribution in [-0.2, 0) is 0 Å². The van der Waals surface area contributed by atoms with Gasteiger partial charge in [0.1, 0.15) is 11.7 Å². The van der Waals surface area contributed by atoms with Crippen LogP contribution in [0.25, 0.3) is 0 Å². The Hall–Kier alpha value is -3.45.